The van der Waals surface area contributed by atoms with Crippen LogP contribution in [0.5, 0.6) is 0 Å². The molecule has 0 aliphatic carbocycles. The molecule has 5 rings (SSSR count). The zero-order chi connectivity index (χ0) is 18.4. The first kappa shape index (κ1) is 16.3. The first-order valence-electron chi connectivity index (χ1n) is 9.12. The fraction of sp³-hybridized carbons (Fsp3) is 0.368. The topological polar surface area (TPSA) is 85.9 Å². The molecule has 7 nitrogen and oxygen atoms in total. The number of rotatable bonds is 3. The predicted octanol–water partition coefficient (Wildman–Crippen LogP) is 3.24. The van der Waals surface area contributed by atoms with E-state index in [-0.39, 0.29) is 0 Å². The summed E-state index contributed by atoms with van der Waals surface area (Å²) in [6.07, 6.45) is 9.39. The van der Waals surface area contributed by atoms with Gasteiger partial charge in [0.1, 0.15) is 16.8 Å². The Morgan fingerprint density at radius 2 is 2.19 bits per heavy atom. The minimum atomic E-state index is 0.487. The molecule has 0 spiro atoms. The first-order chi connectivity index (χ1) is 13.2. The number of piperidine rings is 1. The van der Waals surface area contributed by atoms with Gasteiger partial charge in [-0.15, -0.1) is 0 Å². The highest BCUT2D eigenvalue weighted by Crippen LogP contribution is 2.32. The van der Waals surface area contributed by atoms with Gasteiger partial charge in [-0.05, 0) is 24.3 Å². The fourth-order valence-electron chi connectivity index (χ4n) is 3.97. The Balaban J connectivity index is 1.44. The summed E-state index contributed by atoms with van der Waals surface area (Å²) < 4.78 is 2.21. The molecule has 0 saturated carbocycles. The van der Waals surface area contributed by atoms with Crippen molar-refractivity contribution in [3.05, 3.63) is 41.6 Å². The molecule has 5 heterocycles. The van der Waals surface area contributed by atoms with Gasteiger partial charge in [-0.2, -0.15) is 5.26 Å². The number of nitrogens with one attached hydrogen (secondary N) is 1. The molecule has 8 heteroatoms. The minimum Gasteiger partial charge on any atom is -0.348 e. The normalized spacial score (nSPS) is 20.4. The van der Waals surface area contributed by atoms with Gasteiger partial charge in [-0.25, -0.2) is 15.0 Å². The van der Waals surface area contributed by atoms with Crippen LogP contribution < -0.4 is 4.90 Å². The van der Waals surface area contributed by atoms with Crippen molar-refractivity contribution in [1.82, 2.24) is 24.3 Å². The van der Waals surface area contributed by atoms with Crippen molar-refractivity contribution in [3.63, 3.8) is 0 Å². The maximum atomic E-state index is 9.07. The lowest BCUT2D eigenvalue weighted by molar-refractivity contribution is 0.294. The van der Waals surface area contributed by atoms with Gasteiger partial charge in [-0.1, -0.05) is 18.3 Å². The maximum Gasteiger partial charge on any atom is 0.186 e. The Hall–Kier alpha value is -2.92. The molecule has 1 N–H and O–H groups in total. The van der Waals surface area contributed by atoms with Crippen molar-refractivity contribution in [2.75, 3.05) is 18.0 Å². The van der Waals surface area contributed by atoms with Gasteiger partial charge in [-0.3, -0.25) is 4.40 Å². The molecular weight excluding hydrogens is 358 g/mol. The summed E-state index contributed by atoms with van der Waals surface area (Å²) in [5, 5.41) is 10.0. The quantitative estimate of drug-likeness (QED) is 0.592. The lowest BCUT2D eigenvalue weighted by Gasteiger charge is -2.36. The third kappa shape index (κ3) is 2.75. The summed E-state index contributed by atoms with van der Waals surface area (Å²) in [7, 11) is 0. The van der Waals surface area contributed by atoms with Crippen LogP contribution in [-0.4, -0.2) is 37.4 Å². The van der Waals surface area contributed by atoms with Gasteiger partial charge >= 0.3 is 0 Å². The lowest BCUT2D eigenvalue weighted by Crippen LogP contribution is -2.40. The van der Waals surface area contributed by atoms with Crippen molar-refractivity contribution < 1.29 is 0 Å². The molecule has 0 radical (unpaired) electrons. The van der Waals surface area contributed by atoms with Gasteiger partial charge in [0.2, 0.25) is 0 Å². The predicted molar refractivity (Wildman–Crippen MR) is 105 cm³/mol. The standard InChI is InChI=1S/C19H19N7S/c1-12-3-5-25(19-24-10-15(7-20)27-19)11-13(12)6-17-22-8-14-9-23-18-16(26(14)17)2-4-21-18/h2,4,8-10,12-13,21H,3,5-6,11H2,1H3/t12-,13?/m1/s1. The molecule has 27 heavy (non-hydrogen) atoms. The molecule has 1 saturated heterocycles. The van der Waals surface area contributed by atoms with Crippen LogP contribution in [0, 0.1) is 23.2 Å². The minimum absolute atomic E-state index is 0.487. The van der Waals surface area contributed by atoms with Crippen LogP contribution >= 0.6 is 11.3 Å². The smallest absolute Gasteiger partial charge is 0.186 e. The van der Waals surface area contributed by atoms with E-state index in [9.17, 15) is 0 Å². The number of hydrogen-bond acceptors (Lipinski definition) is 6. The summed E-state index contributed by atoms with van der Waals surface area (Å²) in [5.41, 5.74) is 2.97. The number of H-pyrrole nitrogens is 1. The zero-order valence-electron chi connectivity index (χ0n) is 15.0. The molecule has 2 atom stereocenters. The van der Waals surface area contributed by atoms with Crippen LogP contribution in [0.15, 0.2) is 30.9 Å². The second-order valence-corrected chi connectivity index (χ2v) is 8.21. The Labute approximate surface area is 160 Å². The van der Waals surface area contributed by atoms with E-state index in [2.05, 4.69) is 43.3 Å². The highest BCUT2D eigenvalue weighted by atomic mass is 32.1. The van der Waals surface area contributed by atoms with Crippen LogP contribution in [0.4, 0.5) is 5.13 Å². The third-order valence-electron chi connectivity index (χ3n) is 5.57. The van der Waals surface area contributed by atoms with Crippen molar-refractivity contribution >= 4 is 33.1 Å². The number of aromatic nitrogens is 5. The molecule has 136 valence electrons. The Kier molecular flexibility index (Phi) is 3.83. The summed E-state index contributed by atoms with van der Waals surface area (Å²) in [6, 6.07) is 4.24. The molecule has 4 aromatic heterocycles. The number of anilines is 1. The number of nitriles is 1. The molecule has 1 aliphatic heterocycles. The number of thiazole rings is 1. The lowest BCUT2D eigenvalue weighted by atomic mass is 9.84. The van der Waals surface area contributed by atoms with Gasteiger partial charge in [0, 0.05) is 25.7 Å². The molecule has 0 aromatic carbocycles. The molecule has 0 amide bonds. The highest BCUT2D eigenvalue weighted by molar-refractivity contribution is 7.16. The van der Waals surface area contributed by atoms with Gasteiger partial charge in [0.05, 0.1) is 29.6 Å². The summed E-state index contributed by atoms with van der Waals surface area (Å²) >= 11 is 1.48. The van der Waals surface area contributed by atoms with Crippen molar-refractivity contribution in [1.29, 1.82) is 5.26 Å². The van der Waals surface area contributed by atoms with Gasteiger partial charge in [0.25, 0.3) is 0 Å². The molecule has 0 bridgehead atoms. The SMILES string of the molecule is C[C@@H]1CCN(c2ncc(C#N)s2)CC1Cc1ncc2cnc3[nH]ccc3n12. The Morgan fingerprint density at radius 1 is 1.30 bits per heavy atom. The summed E-state index contributed by atoms with van der Waals surface area (Å²) in [6.45, 7) is 4.26. The van der Waals surface area contributed by atoms with E-state index in [4.69, 9.17) is 10.2 Å². The van der Waals surface area contributed by atoms with Crippen LogP contribution in [-0.2, 0) is 6.42 Å². The monoisotopic (exact) mass is 377 g/mol. The molecule has 1 fully saturated rings. The number of nitrogens with zero attached hydrogens (tertiary/aromatic N) is 6. The van der Waals surface area contributed by atoms with Crippen LogP contribution in [0.2, 0.25) is 0 Å². The van der Waals surface area contributed by atoms with Gasteiger partial charge in [0.15, 0.2) is 10.8 Å². The van der Waals surface area contributed by atoms with Crippen LogP contribution in [0.3, 0.4) is 0 Å². The molecular formula is C19H19N7S. The van der Waals surface area contributed by atoms with Crippen molar-refractivity contribution in [3.8, 4) is 6.07 Å². The summed E-state index contributed by atoms with van der Waals surface area (Å²) in [5.74, 6) is 2.18. The second-order valence-electron chi connectivity index (χ2n) is 7.20. The van der Waals surface area contributed by atoms with Crippen molar-refractivity contribution in [2.45, 2.75) is 19.8 Å². The zero-order valence-corrected chi connectivity index (χ0v) is 15.8. The Morgan fingerprint density at radius 3 is 3.04 bits per heavy atom. The highest BCUT2D eigenvalue weighted by Gasteiger charge is 2.29. The van der Waals surface area contributed by atoms with E-state index in [1.54, 1.807) is 6.20 Å². The average Bonchev–Trinajstić information content (AvgIpc) is 3.42. The molecule has 4 aromatic rings. The maximum absolute atomic E-state index is 9.07. The van der Waals surface area contributed by atoms with Crippen molar-refractivity contribution in [2.24, 2.45) is 11.8 Å². The van der Waals surface area contributed by atoms with E-state index in [0.717, 1.165) is 53.6 Å². The number of fused-ring (bicyclic) bond motifs is 3. The van der Waals surface area contributed by atoms with E-state index in [0.29, 0.717) is 16.7 Å². The third-order valence-corrected chi connectivity index (χ3v) is 6.53. The fourth-order valence-corrected chi connectivity index (χ4v) is 4.72. The van der Waals surface area contributed by atoms with Crippen LogP contribution in [0.1, 0.15) is 24.0 Å². The number of aromatic amines is 1. The van der Waals surface area contributed by atoms with Crippen LogP contribution in [0.25, 0.3) is 16.7 Å². The number of hydrogen-bond donors (Lipinski definition) is 1. The average molecular weight is 377 g/mol. The van der Waals surface area contributed by atoms with Gasteiger partial charge < -0.3 is 9.88 Å². The van der Waals surface area contributed by atoms with E-state index in [1.807, 2.05) is 18.6 Å². The second kappa shape index (κ2) is 6.35. The van der Waals surface area contributed by atoms with E-state index < -0.39 is 0 Å². The molecule has 1 aliphatic rings. The van der Waals surface area contributed by atoms with E-state index >= 15 is 0 Å². The molecule has 1 unspecified atom stereocenters. The Bertz CT molecular complexity index is 1150. The first-order valence-corrected chi connectivity index (χ1v) is 9.94. The largest absolute Gasteiger partial charge is 0.348 e. The number of imidazole rings is 1. The summed E-state index contributed by atoms with van der Waals surface area (Å²) in [4.78, 5) is 19.8. The van der Waals surface area contributed by atoms with E-state index in [1.165, 1.54) is 11.3 Å².